The summed E-state index contributed by atoms with van der Waals surface area (Å²) in [4.78, 5) is 5.24. The second-order valence-corrected chi connectivity index (χ2v) is 4.51. The zero-order valence-corrected chi connectivity index (χ0v) is 12.0. The van der Waals surface area contributed by atoms with Crippen molar-refractivity contribution in [2.75, 3.05) is 6.61 Å². The van der Waals surface area contributed by atoms with Gasteiger partial charge in [-0.3, -0.25) is 0 Å². The monoisotopic (exact) mass is 289 g/mol. The number of hydrogen-bond acceptors (Lipinski definition) is 3. The van der Waals surface area contributed by atoms with E-state index in [0.717, 1.165) is 16.9 Å². The molecule has 0 radical (unpaired) electrons. The molecule has 2 aromatic rings. The zero-order chi connectivity index (χ0) is 14.2. The molecule has 20 heavy (non-hydrogen) atoms. The summed E-state index contributed by atoms with van der Waals surface area (Å²) in [6, 6.07) is 15.2. The highest BCUT2D eigenvalue weighted by Crippen LogP contribution is 2.15. The van der Waals surface area contributed by atoms with Crippen LogP contribution in [0.1, 0.15) is 18.1 Å². The Labute approximate surface area is 123 Å². The van der Waals surface area contributed by atoms with Gasteiger partial charge in [-0.1, -0.05) is 35.0 Å². The maximum Gasteiger partial charge on any atom is 0.143 e. The Bertz CT molecular complexity index is 567. The van der Waals surface area contributed by atoms with Crippen LogP contribution in [-0.4, -0.2) is 12.8 Å². The minimum Gasteiger partial charge on any atom is -0.494 e. The van der Waals surface area contributed by atoms with Gasteiger partial charge < -0.3 is 9.57 Å². The third-order valence-corrected chi connectivity index (χ3v) is 3.01. The number of halogens is 1. The molecule has 0 unspecified atom stereocenters. The van der Waals surface area contributed by atoms with E-state index in [1.54, 1.807) is 6.21 Å². The number of ether oxygens (including phenoxy) is 1. The Balaban J connectivity index is 1.86. The Morgan fingerprint density at radius 2 is 1.85 bits per heavy atom. The molecule has 0 bridgehead atoms. The molecule has 104 valence electrons. The topological polar surface area (TPSA) is 30.8 Å². The molecule has 0 heterocycles. The first-order valence-corrected chi connectivity index (χ1v) is 6.79. The van der Waals surface area contributed by atoms with E-state index in [-0.39, 0.29) is 0 Å². The summed E-state index contributed by atoms with van der Waals surface area (Å²) >= 11 is 6.02. The van der Waals surface area contributed by atoms with Gasteiger partial charge in [0.05, 0.1) is 12.8 Å². The summed E-state index contributed by atoms with van der Waals surface area (Å²) < 4.78 is 5.37. The lowest BCUT2D eigenvalue weighted by Crippen LogP contribution is -1.92. The minimum absolute atomic E-state index is 0.354. The predicted molar refractivity (Wildman–Crippen MR) is 81.4 cm³/mol. The molecule has 0 aliphatic heterocycles. The Kier molecular flexibility index (Phi) is 5.44. The summed E-state index contributed by atoms with van der Waals surface area (Å²) in [5.41, 5.74) is 1.87. The van der Waals surface area contributed by atoms with Gasteiger partial charge in [-0.15, -0.1) is 0 Å². The van der Waals surface area contributed by atoms with E-state index in [4.69, 9.17) is 21.2 Å². The molecule has 0 atom stereocenters. The van der Waals surface area contributed by atoms with Gasteiger partial charge in [0, 0.05) is 10.6 Å². The van der Waals surface area contributed by atoms with Crippen molar-refractivity contribution in [3.05, 3.63) is 64.7 Å². The van der Waals surface area contributed by atoms with Crippen molar-refractivity contribution in [1.82, 2.24) is 0 Å². The van der Waals surface area contributed by atoms with Gasteiger partial charge >= 0.3 is 0 Å². The highest BCUT2D eigenvalue weighted by Gasteiger charge is 1.98. The third kappa shape index (κ3) is 4.28. The Hall–Kier alpha value is -2.00. The predicted octanol–water partition coefficient (Wildman–Crippen LogP) is 4.29. The summed E-state index contributed by atoms with van der Waals surface area (Å²) in [7, 11) is 0. The molecular weight excluding hydrogens is 274 g/mol. The van der Waals surface area contributed by atoms with Gasteiger partial charge in [-0.25, -0.2) is 0 Å². The van der Waals surface area contributed by atoms with E-state index < -0.39 is 0 Å². The molecule has 0 aliphatic rings. The molecule has 0 amide bonds. The molecule has 2 aromatic carbocycles. The van der Waals surface area contributed by atoms with Crippen LogP contribution in [0, 0.1) is 0 Å². The van der Waals surface area contributed by atoms with E-state index in [0.29, 0.717) is 18.2 Å². The smallest absolute Gasteiger partial charge is 0.143 e. The molecule has 2 rings (SSSR count). The number of nitrogens with zero attached hydrogens (tertiary/aromatic N) is 1. The first-order valence-electron chi connectivity index (χ1n) is 6.41. The average molecular weight is 290 g/mol. The quantitative estimate of drug-likeness (QED) is 0.587. The van der Waals surface area contributed by atoms with Crippen LogP contribution in [0.15, 0.2) is 53.7 Å². The second kappa shape index (κ2) is 7.56. The maximum absolute atomic E-state index is 6.02. The number of rotatable bonds is 6. The third-order valence-electron chi connectivity index (χ3n) is 2.65. The molecule has 0 spiro atoms. The molecule has 0 aromatic heterocycles. The highest BCUT2D eigenvalue weighted by molar-refractivity contribution is 6.31. The standard InChI is InChI=1S/C16H16ClNO2/c1-2-19-15-9-7-13(8-10-15)11-18-20-12-14-5-3-4-6-16(14)17/h3-11H,2,12H2,1H3/b18-11-. The minimum atomic E-state index is 0.354. The molecular formula is C16H16ClNO2. The lowest BCUT2D eigenvalue weighted by molar-refractivity contribution is 0.132. The van der Waals surface area contributed by atoms with Crippen molar-refractivity contribution < 1.29 is 9.57 Å². The average Bonchev–Trinajstić information content (AvgIpc) is 2.47. The molecule has 0 saturated heterocycles. The van der Waals surface area contributed by atoms with Crippen molar-refractivity contribution in [2.45, 2.75) is 13.5 Å². The van der Waals surface area contributed by atoms with E-state index in [2.05, 4.69) is 5.16 Å². The van der Waals surface area contributed by atoms with Crippen LogP contribution in [0.3, 0.4) is 0 Å². The number of oxime groups is 1. The molecule has 0 aliphatic carbocycles. The van der Waals surface area contributed by atoms with Crippen molar-refractivity contribution in [3.63, 3.8) is 0 Å². The first kappa shape index (κ1) is 14.4. The molecule has 4 heteroatoms. The molecule has 0 N–H and O–H groups in total. The van der Waals surface area contributed by atoms with E-state index in [1.165, 1.54) is 0 Å². The van der Waals surface area contributed by atoms with Crippen LogP contribution >= 0.6 is 11.6 Å². The summed E-state index contributed by atoms with van der Waals surface area (Å²) in [5, 5.41) is 4.61. The summed E-state index contributed by atoms with van der Waals surface area (Å²) in [6.07, 6.45) is 1.66. The van der Waals surface area contributed by atoms with Crippen molar-refractivity contribution in [1.29, 1.82) is 0 Å². The van der Waals surface area contributed by atoms with Gasteiger partial charge in [-0.2, -0.15) is 0 Å². The van der Waals surface area contributed by atoms with E-state index >= 15 is 0 Å². The van der Waals surface area contributed by atoms with Crippen LogP contribution in [0.4, 0.5) is 0 Å². The van der Waals surface area contributed by atoms with Gasteiger partial charge in [0.25, 0.3) is 0 Å². The number of benzene rings is 2. The number of hydrogen-bond donors (Lipinski definition) is 0. The van der Waals surface area contributed by atoms with Crippen molar-refractivity contribution >= 4 is 17.8 Å². The summed E-state index contributed by atoms with van der Waals surface area (Å²) in [6.45, 7) is 2.97. The fourth-order valence-corrected chi connectivity index (χ4v) is 1.83. The van der Waals surface area contributed by atoms with Crippen LogP contribution in [-0.2, 0) is 11.4 Å². The van der Waals surface area contributed by atoms with Gasteiger partial charge in [0.2, 0.25) is 0 Å². The lowest BCUT2D eigenvalue weighted by Gasteiger charge is -2.03. The van der Waals surface area contributed by atoms with Crippen LogP contribution < -0.4 is 4.74 Å². The normalized spacial score (nSPS) is 10.7. The maximum atomic E-state index is 6.02. The van der Waals surface area contributed by atoms with Crippen molar-refractivity contribution in [3.8, 4) is 5.75 Å². The fourth-order valence-electron chi connectivity index (χ4n) is 1.64. The second-order valence-electron chi connectivity index (χ2n) is 4.10. The van der Waals surface area contributed by atoms with E-state index in [1.807, 2.05) is 55.5 Å². The lowest BCUT2D eigenvalue weighted by atomic mass is 10.2. The van der Waals surface area contributed by atoms with Gasteiger partial charge in [0.15, 0.2) is 0 Å². The SMILES string of the molecule is CCOc1ccc(/C=N\OCc2ccccc2Cl)cc1. The van der Waals surface area contributed by atoms with Crippen LogP contribution in [0.5, 0.6) is 5.75 Å². The van der Waals surface area contributed by atoms with Crippen LogP contribution in [0.25, 0.3) is 0 Å². The van der Waals surface area contributed by atoms with Crippen LogP contribution in [0.2, 0.25) is 5.02 Å². The summed E-state index contributed by atoms with van der Waals surface area (Å²) in [5.74, 6) is 0.849. The largest absolute Gasteiger partial charge is 0.494 e. The molecule has 0 saturated carbocycles. The Morgan fingerprint density at radius 1 is 1.10 bits per heavy atom. The Morgan fingerprint density at radius 3 is 2.55 bits per heavy atom. The van der Waals surface area contributed by atoms with Gasteiger partial charge in [-0.05, 0) is 42.8 Å². The highest BCUT2D eigenvalue weighted by atomic mass is 35.5. The van der Waals surface area contributed by atoms with Crippen molar-refractivity contribution in [2.24, 2.45) is 5.16 Å². The van der Waals surface area contributed by atoms with Gasteiger partial charge in [0.1, 0.15) is 12.4 Å². The zero-order valence-electron chi connectivity index (χ0n) is 11.3. The first-order chi connectivity index (χ1) is 9.79. The molecule has 0 fully saturated rings. The molecule has 3 nitrogen and oxygen atoms in total. The van der Waals surface area contributed by atoms with E-state index in [9.17, 15) is 0 Å². The fraction of sp³-hybridized carbons (Fsp3) is 0.188.